The van der Waals surface area contributed by atoms with Gasteiger partial charge in [0.25, 0.3) is 0 Å². The third kappa shape index (κ3) is 1.43. The number of hydrogen-bond donors (Lipinski definition) is 1. The molecule has 1 aliphatic rings. The molecule has 11 heavy (non-hydrogen) atoms. The molecule has 1 aliphatic heterocycles. The van der Waals surface area contributed by atoms with Crippen molar-refractivity contribution in [3.8, 4) is 0 Å². The molecule has 0 bridgehead atoms. The predicted molar refractivity (Wildman–Crippen MR) is 41.3 cm³/mol. The van der Waals surface area contributed by atoms with Crippen LogP contribution < -0.4 is 5.32 Å². The molecule has 0 aliphatic carbocycles. The summed E-state index contributed by atoms with van der Waals surface area (Å²) in [5.74, 6) is 1.39. The molecule has 3 heteroatoms. The fraction of sp³-hybridized carbons (Fsp3) is 0.625. The van der Waals surface area contributed by atoms with Crippen molar-refractivity contribution in [3.63, 3.8) is 0 Å². The third-order valence-corrected chi connectivity index (χ3v) is 2.10. The first-order valence-corrected chi connectivity index (χ1v) is 4.07. The molecule has 1 fully saturated rings. The minimum atomic E-state index is 0.499. The highest BCUT2D eigenvalue weighted by atomic mass is 16.3. The molecular weight excluding hydrogens is 140 g/mol. The zero-order valence-electron chi connectivity index (χ0n) is 6.42. The van der Waals surface area contributed by atoms with Gasteiger partial charge < -0.3 is 9.73 Å². The zero-order chi connectivity index (χ0) is 7.52. The molecule has 1 saturated heterocycles. The van der Waals surface area contributed by atoms with Crippen LogP contribution >= 0.6 is 0 Å². The van der Waals surface area contributed by atoms with Gasteiger partial charge in [-0.1, -0.05) is 0 Å². The molecule has 0 aromatic carbocycles. The van der Waals surface area contributed by atoms with Crippen LogP contribution in [0.1, 0.15) is 24.7 Å². The second-order valence-corrected chi connectivity index (χ2v) is 2.91. The molecule has 0 saturated carbocycles. The summed E-state index contributed by atoms with van der Waals surface area (Å²) in [6.07, 6.45) is 5.79. The Kier molecular flexibility index (Phi) is 1.90. The van der Waals surface area contributed by atoms with Crippen molar-refractivity contribution in [2.45, 2.75) is 18.8 Å². The minimum Gasteiger partial charge on any atom is -0.449 e. The van der Waals surface area contributed by atoms with Crippen LogP contribution in [-0.4, -0.2) is 18.1 Å². The highest BCUT2D eigenvalue weighted by molar-refractivity contribution is 4.94. The van der Waals surface area contributed by atoms with E-state index in [-0.39, 0.29) is 0 Å². The molecule has 2 rings (SSSR count). The van der Waals surface area contributed by atoms with Crippen molar-refractivity contribution in [3.05, 3.63) is 18.4 Å². The van der Waals surface area contributed by atoms with Crippen molar-refractivity contribution in [2.75, 3.05) is 13.1 Å². The van der Waals surface area contributed by atoms with Gasteiger partial charge in [-0.25, -0.2) is 4.98 Å². The van der Waals surface area contributed by atoms with E-state index in [1.54, 1.807) is 12.5 Å². The Hall–Kier alpha value is -0.830. The van der Waals surface area contributed by atoms with Crippen LogP contribution in [0.3, 0.4) is 0 Å². The van der Waals surface area contributed by atoms with E-state index < -0.39 is 0 Å². The lowest BCUT2D eigenvalue weighted by Crippen LogP contribution is -2.28. The van der Waals surface area contributed by atoms with Gasteiger partial charge in [-0.15, -0.1) is 0 Å². The molecule has 60 valence electrons. The number of rotatable bonds is 1. The molecule has 0 amide bonds. The average Bonchev–Trinajstić information content (AvgIpc) is 2.58. The van der Waals surface area contributed by atoms with Gasteiger partial charge in [0, 0.05) is 12.5 Å². The number of oxazole rings is 1. The predicted octanol–water partition coefficient (Wildman–Crippen LogP) is 1.14. The molecule has 2 heterocycles. The largest absolute Gasteiger partial charge is 0.449 e. The van der Waals surface area contributed by atoms with Crippen LogP contribution in [-0.2, 0) is 0 Å². The number of hydrogen-bond acceptors (Lipinski definition) is 3. The lowest BCUT2D eigenvalue weighted by atomic mass is 10.00. The van der Waals surface area contributed by atoms with Crippen molar-refractivity contribution in [1.29, 1.82) is 0 Å². The summed E-state index contributed by atoms with van der Waals surface area (Å²) >= 11 is 0. The first kappa shape index (κ1) is 6.85. The highest BCUT2D eigenvalue weighted by Gasteiger charge is 2.18. The van der Waals surface area contributed by atoms with E-state index in [0.717, 1.165) is 19.0 Å². The molecule has 0 spiro atoms. The summed E-state index contributed by atoms with van der Waals surface area (Å²) < 4.78 is 5.22. The smallest absolute Gasteiger partial charge is 0.198 e. The van der Waals surface area contributed by atoms with E-state index in [4.69, 9.17) is 4.42 Å². The highest BCUT2D eigenvalue weighted by Crippen LogP contribution is 2.20. The van der Waals surface area contributed by atoms with E-state index in [1.165, 1.54) is 12.8 Å². The van der Waals surface area contributed by atoms with Crippen LogP contribution in [0.5, 0.6) is 0 Å². The van der Waals surface area contributed by atoms with Gasteiger partial charge >= 0.3 is 0 Å². The van der Waals surface area contributed by atoms with Gasteiger partial charge in [-0.05, 0) is 19.4 Å². The molecule has 1 aromatic heterocycles. The van der Waals surface area contributed by atoms with Crippen LogP contribution in [0, 0.1) is 0 Å². The quantitative estimate of drug-likeness (QED) is 0.655. The van der Waals surface area contributed by atoms with Crippen LogP contribution in [0.4, 0.5) is 0 Å². The first-order valence-electron chi connectivity index (χ1n) is 4.07. The Morgan fingerprint density at radius 3 is 3.27 bits per heavy atom. The fourth-order valence-electron chi connectivity index (χ4n) is 1.50. The zero-order valence-corrected chi connectivity index (χ0v) is 6.42. The molecular formula is C8H12N2O. The molecule has 0 radical (unpaired) electrons. The Morgan fingerprint density at radius 1 is 1.64 bits per heavy atom. The van der Waals surface area contributed by atoms with Crippen LogP contribution in [0.2, 0.25) is 0 Å². The molecule has 1 aromatic rings. The lowest BCUT2D eigenvalue weighted by Gasteiger charge is -2.19. The maximum absolute atomic E-state index is 5.22. The summed E-state index contributed by atoms with van der Waals surface area (Å²) in [5.41, 5.74) is 0. The summed E-state index contributed by atoms with van der Waals surface area (Å²) in [6.45, 7) is 2.15. The topological polar surface area (TPSA) is 38.1 Å². The van der Waals surface area contributed by atoms with Gasteiger partial charge in [-0.2, -0.15) is 0 Å². The van der Waals surface area contributed by atoms with Crippen molar-refractivity contribution in [2.24, 2.45) is 0 Å². The molecule has 1 N–H and O–H groups in total. The number of aromatic nitrogens is 1. The van der Waals surface area contributed by atoms with Crippen molar-refractivity contribution >= 4 is 0 Å². The molecule has 1 atom stereocenters. The third-order valence-electron chi connectivity index (χ3n) is 2.10. The van der Waals surface area contributed by atoms with Gasteiger partial charge in [0.1, 0.15) is 6.26 Å². The van der Waals surface area contributed by atoms with Gasteiger partial charge in [0.05, 0.1) is 6.20 Å². The maximum atomic E-state index is 5.22. The fourth-order valence-corrected chi connectivity index (χ4v) is 1.50. The Labute approximate surface area is 65.8 Å². The normalized spacial score (nSPS) is 25.3. The molecule has 3 nitrogen and oxygen atoms in total. The average molecular weight is 152 g/mol. The van der Waals surface area contributed by atoms with E-state index in [0.29, 0.717) is 5.92 Å². The first-order chi connectivity index (χ1) is 5.47. The lowest BCUT2D eigenvalue weighted by molar-refractivity contribution is 0.376. The second-order valence-electron chi connectivity index (χ2n) is 2.91. The van der Waals surface area contributed by atoms with E-state index in [2.05, 4.69) is 10.3 Å². The minimum absolute atomic E-state index is 0.499. The van der Waals surface area contributed by atoms with Gasteiger partial charge in [0.2, 0.25) is 0 Å². The van der Waals surface area contributed by atoms with Gasteiger partial charge in [0.15, 0.2) is 5.89 Å². The summed E-state index contributed by atoms with van der Waals surface area (Å²) in [6, 6.07) is 0. The van der Waals surface area contributed by atoms with E-state index in [1.807, 2.05) is 0 Å². The number of piperidine rings is 1. The van der Waals surface area contributed by atoms with E-state index >= 15 is 0 Å². The number of nitrogens with one attached hydrogen (secondary N) is 1. The second kappa shape index (κ2) is 3.05. The summed E-state index contributed by atoms with van der Waals surface area (Å²) in [5, 5.41) is 3.32. The SMILES string of the molecule is c1coc(C2CCCNC2)n1. The Bertz CT molecular complexity index is 202. The molecule has 1 unspecified atom stereocenters. The number of nitrogens with zero attached hydrogens (tertiary/aromatic N) is 1. The van der Waals surface area contributed by atoms with Gasteiger partial charge in [-0.3, -0.25) is 0 Å². The van der Waals surface area contributed by atoms with Crippen molar-refractivity contribution in [1.82, 2.24) is 10.3 Å². The maximum Gasteiger partial charge on any atom is 0.198 e. The van der Waals surface area contributed by atoms with Crippen molar-refractivity contribution < 1.29 is 4.42 Å². The summed E-state index contributed by atoms with van der Waals surface area (Å²) in [7, 11) is 0. The Balaban J connectivity index is 2.04. The Morgan fingerprint density at radius 2 is 2.64 bits per heavy atom. The summed E-state index contributed by atoms with van der Waals surface area (Å²) in [4.78, 5) is 4.13. The van der Waals surface area contributed by atoms with E-state index in [9.17, 15) is 0 Å². The van der Waals surface area contributed by atoms with Crippen LogP contribution in [0.15, 0.2) is 16.9 Å². The standard InChI is InChI=1S/C8H12N2O/c1-2-7(6-9-3-1)8-10-4-5-11-8/h4-5,7,9H,1-3,6H2. The van der Waals surface area contributed by atoms with Crippen LogP contribution in [0.25, 0.3) is 0 Å². The monoisotopic (exact) mass is 152 g/mol.